The van der Waals surface area contributed by atoms with Crippen molar-refractivity contribution in [1.29, 1.82) is 0 Å². The first-order chi connectivity index (χ1) is 8.24. The maximum absolute atomic E-state index is 11.8. The van der Waals surface area contributed by atoms with Gasteiger partial charge in [-0.3, -0.25) is 4.79 Å². The zero-order valence-corrected chi connectivity index (χ0v) is 9.14. The topological polar surface area (TPSA) is 64.1 Å². The molecule has 2 aliphatic rings. The van der Waals surface area contributed by atoms with E-state index in [1.807, 2.05) is 12.1 Å². The number of nitrogens with one attached hydrogen (secondary N) is 1. The summed E-state index contributed by atoms with van der Waals surface area (Å²) in [6.45, 7) is 4.02. The van der Waals surface area contributed by atoms with Gasteiger partial charge in [-0.05, 0) is 17.2 Å². The molecule has 1 unspecified atom stereocenters. The summed E-state index contributed by atoms with van der Waals surface area (Å²) in [6.07, 6.45) is 3.67. The molecule has 5 heteroatoms. The summed E-state index contributed by atoms with van der Waals surface area (Å²) in [4.78, 5) is 11.8. The van der Waals surface area contributed by atoms with Crippen LogP contribution in [0.4, 0.5) is 0 Å². The van der Waals surface area contributed by atoms with Gasteiger partial charge in [0.15, 0.2) is 6.10 Å². The number of hydrogen-bond donors (Lipinski definition) is 1. The standard InChI is InChI=1S/C12H11N3O2/c1-7-6-17-11(12(16)14-7)9-4-8-2-3-13-15-10(8)5-9/h2-4,11H,1,5-6H2,(H,14,16). The number of carbonyl (C=O) groups excluding carboxylic acids is 1. The van der Waals surface area contributed by atoms with Crippen LogP contribution in [0.15, 0.2) is 30.1 Å². The summed E-state index contributed by atoms with van der Waals surface area (Å²) >= 11 is 0. The van der Waals surface area contributed by atoms with Crippen molar-refractivity contribution in [1.82, 2.24) is 15.5 Å². The second kappa shape index (κ2) is 3.78. The molecular formula is C12H11N3O2. The highest BCUT2D eigenvalue weighted by Gasteiger charge is 2.31. The molecule has 3 rings (SSSR count). The van der Waals surface area contributed by atoms with E-state index in [0.29, 0.717) is 18.7 Å². The van der Waals surface area contributed by atoms with Gasteiger partial charge >= 0.3 is 0 Å². The maximum Gasteiger partial charge on any atom is 0.257 e. The van der Waals surface area contributed by atoms with Gasteiger partial charge in [-0.25, -0.2) is 0 Å². The minimum Gasteiger partial charge on any atom is -0.358 e. The molecule has 0 aromatic carbocycles. The Bertz CT molecular complexity index is 536. The van der Waals surface area contributed by atoms with E-state index < -0.39 is 6.10 Å². The largest absolute Gasteiger partial charge is 0.358 e. The van der Waals surface area contributed by atoms with Gasteiger partial charge in [0.05, 0.1) is 18.5 Å². The summed E-state index contributed by atoms with van der Waals surface area (Å²) in [6, 6.07) is 1.88. The maximum atomic E-state index is 11.8. The van der Waals surface area contributed by atoms with Crippen molar-refractivity contribution in [2.75, 3.05) is 6.61 Å². The van der Waals surface area contributed by atoms with E-state index in [4.69, 9.17) is 4.74 Å². The number of rotatable bonds is 1. The van der Waals surface area contributed by atoms with Gasteiger partial charge in [0, 0.05) is 12.1 Å². The van der Waals surface area contributed by atoms with E-state index >= 15 is 0 Å². The molecule has 1 N–H and O–H groups in total. The van der Waals surface area contributed by atoms with Gasteiger partial charge in [-0.15, -0.1) is 0 Å². The number of hydrogen-bond acceptors (Lipinski definition) is 4. The highest BCUT2D eigenvalue weighted by molar-refractivity contribution is 5.88. The molecule has 0 radical (unpaired) electrons. The Hall–Kier alpha value is -2.01. The van der Waals surface area contributed by atoms with E-state index in [2.05, 4.69) is 22.1 Å². The van der Waals surface area contributed by atoms with Gasteiger partial charge in [0.2, 0.25) is 0 Å². The zero-order chi connectivity index (χ0) is 11.8. The molecule has 2 heterocycles. The number of nitrogens with zero attached hydrogens (tertiary/aromatic N) is 2. The summed E-state index contributed by atoms with van der Waals surface area (Å²) in [5.74, 6) is -0.159. The lowest BCUT2D eigenvalue weighted by molar-refractivity contribution is -0.132. The Morgan fingerprint density at radius 1 is 1.53 bits per heavy atom. The molecule has 86 valence electrons. The molecule has 1 saturated heterocycles. The third-order valence-corrected chi connectivity index (χ3v) is 2.84. The van der Waals surface area contributed by atoms with Crippen molar-refractivity contribution in [3.05, 3.63) is 41.4 Å². The molecule has 1 aliphatic carbocycles. The van der Waals surface area contributed by atoms with Gasteiger partial charge in [0.1, 0.15) is 0 Å². The summed E-state index contributed by atoms with van der Waals surface area (Å²) < 4.78 is 5.49. The van der Waals surface area contributed by atoms with E-state index in [1.54, 1.807) is 6.20 Å². The Morgan fingerprint density at radius 2 is 2.41 bits per heavy atom. The van der Waals surface area contributed by atoms with E-state index in [9.17, 15) is 4.79 Å². The first-order valence-electron chi connectivity index (χ1n) is 5.35. The molecule has 0 bridgehead atoms. The average molecular weight is 229 g/mol. The molecule has 1 amide bonds. The Kier molecular flexibility index (Phi) is 2.26. The number of fused-ring (bicyclic) bond motifs is 1. The van der Waals surface area contributed by atoms with E-state index in [0.717, 1.165) is 16.8 Å². The quantitative estimate of drug-likeness (QED) is 0.759. The number of aromatic nitrogens is 2. The van der Waals surface area contributed by atoms with Crippen LogP contribution in [0.3, 0.4) is 0 Å². The summed E-state index contributed by atoms with van der Waals surface area (Å²) in [5, 5.41) is 10.6. The van der Waals surface area contributed by atoms with Crippen LogP contribution in [-0.2, 0) is 16.0 Å². The molecule has 1 atom stereocenters. The fourth-order valence-corrected chi connectivity index (χ4v) is 2.06. The molecule has 17 heavy (non-hydrogen) atoms. The van der Waals surface area contributed by atoms with Crippen LogP contribution in [0, 0.1) is 0 Å². The van der Waals surface area contributed by atoms with Crippen LogP contribution in [-0.4, -0.2) is 28.8 Å². The fourth-order valence-electron chi connectivity index (χ4n) is 2.06. The van der Waals surface area contributed by atoms with E-state index in [1.165, 1.54) is 0 Å². The summed E-state index contributed by atoms with van der Waals surface area (Å²) in [5.41, 5.74) is 3.42. The molecule has 1 aromatic heterocycles. The third-order valence-electron chi connectivity index (χ3n) is 2.84. The highest BCUT2D eigenvalue weighted by Crippen LogP contribution is 2.27. The molecule has 1 fully saturated rings. The van der Waals surface area contributed by atoms with Crippen molar-refractivity contribution >= 4 is 12.0 Å². The SMILES string of the molecule is C=C1COC(C2=Cc3ccnnc3C2)C(=O)N1. The normalized spacial score (nSPS) is 23.1. The van der Waals surface area contributed by atoms with Gasteiger partial charge in [-0.2, -0.15) is 10.2 Å². The number of carbonyl (C=O) groups is 1. The lowest BCUT2D eigenvalue weighted by Gasteiger charge is -2.24. The van der Waals surface area contributed by atoms with Gasteiger partial charge in [-0.1, -0.05) is 12.7 Å². The molecule has 0 spiro atoms. The van der Waals surface area contributed by atoms with Crippen molar-refractivity contribution in [3.63, 3.8) is 0 Å². The number of amides is 1. The second-order valence-corrected chi connectivity index (χ2v) is 4.11. The molecule has 1 aliphatic heterocycles. The predicted octanol–water partition coefficient (Wildman–Crippen LogP) is 0.445. The lowest BCUT2D eigenvalue weighted by Crippen LogP contribution is -2.43. The minimum absolute atomic E-state index is 0.159. The fraction of sp³-hybridized carbons (Fsp3) is 0.250. The molecule has 0 saturated carbocycles. The molecule has 1 aromatic rings. The smallest absolute Gasteiger partial charge is 0.257 e. The van der Waals surface area contributed by atoms with Crippen LogP contribution in [0.1, 0.15) is 11.3 Å². The monoisotopic (exact) mass is 229 g/mol. The summed E-state index contributed by atoms with van der Waals surface area (Å²) in [7, 11) is 0. The third kappa shape index (κ3) is 1.74. The Balaban J connectivity index is 1.84. The number of morpholine rings is 1. The first-order valence-corrected chi connectivity index (χ1v) is 5.35. The van der Waals surface area contributed by atoms with Crippen molar-refractivity contribution < 1.29 is 9.53 Å². The average Bonchev–Trinajstić information content (AvgIpc) is 2.72. The number of ether oxygens (including phenoxy) is 1. The Morgan fingerprint density at radius 3 is 3.18 bits per heavy atom. The Labute approximate surface area is 98.2 Å². The van der Waals surface area contributed by atoms with Crippen molar-refractivity contribution in [2.24, 2.45) is 0 Å². The van der Waals surface area contributed by atoms with Gasteiger partial charge in [0.25, 0.3) is 5.91 Å². The van der Waals surface area contributed by atoms with Crippen LogP contribution in [0.5, 0.6) is 0 Å². The van der Waals surface area contributed by atoms with Crippen molar-refractivity contribution in [2.45, 2.75) is 12.5 Å². The highest BCUT2D eigenvalue weighted by atomic mass is 16.5. The second-order valence-electron chi connectivity index (χ2n) is 4.11. The predicted molar refractivity (Wildman–Crippen MR) is 60.7 cm³/mol. The first kappa shape index (κ1) is 10.2. The van der Waals surface area contributed by atoms with Crippen LogP contribution < -0.4 is 5.32 Å². The van der Waals surface area contributed by atoms with Crippen molar-refractivity contribution in [3.8, 4) is 0 Å². The molecular weight excluding hydrogens is 218 g/mol. The van der Waals surface area contributed by atoms with Gasteiger partial charge < -0.3 is 10.1 Å². The van der Waals surface area contributed by atoms with E-state index in [-0.39, 0.29) is 5.91 Å². The molecule has 5 nitrogen and oxygen atoms in total. The van der Waals surface area contributed by atoms with Crippen LogP contribution in [0.2, 0.25) is 0 Å². The minimum atomic E-state index is -0.533. The zero-order valence-electron chi connectivity index (χ0n) is 9.14. The van der Waals surface area contributed by atoms with Crippen LogP contribution >= 0.6 is 0 Å². The van der Waals surface area contributed by atoms with Crippen LogP contribution in [0.25, 0.3) is 6.08 Å². The lowest BCUT2D eigenvalue weighted by atomic mass is 10.1.